The lowest BCUT2D eigenvalue weighted by Crippen LogP contribution is -2.29. The van der Waals surface area contributed by atoms with Crippen LogP contribution in [0.3, 0.4) is 0 Å². The minimum atomic E-state index is 0.531. The van der Waals surface area contributed by atoms with E-state index in [0.29, 0.717) is 6.04 Å². The van der Waals surface area contributed by atoms with Crippen molar-refractivity contribution in [3.8, 4) is 0 Å². The van der Waals surface area contributed by atoms with Gasteiger partial charge in [0.1, 0.15) is 5.82 Å². The number of nitrogens with one attached hydrogen (secondary N) is 2. The molecule has 20 heavy (non-hydrogen) atoms. The third kappa shape index (κ3) is 3.14. The van der Waals surface area contributed by atoms with Gasteiger partial charge in [-0.1, -0.05) is 0 Å². The molecule has 0 radical (unpaired) electrons. The molecule has 0 unspecified atom stereocenters. The van der Waals surface area contributed by atoms with E-state index < -0.39 is 0 Å². The van der Waals surface area contributed by atoms with Crippen LogP contribution in [0.5, 0.6) is 0 Å². The van der Waals surface area contributed by atoms with Gasteiger partial charge in [-0.2, -0.15) is 5.10 Å². The van der Waals surface area contributed by atoms with Crippen molar-refractivity contribution in [3.05, 3.63) is 36.0 Å². The molecule has 0 aliphatic carbocycles. The largest absolute Gasteiger partial charge is 0.365 e. The average molecular weight is 272 g/mol. The molecule has 1 saturated heterocycles. The first-order chi connectivity index (χ1) is 9.81. The normalized spacial score (nSPS) is 16.2. The molecule has 106 valence electrons. The van der Waals surface area contributed by atoms with Crippen LogP contribution in [0.4, 0.5) is 5.82 Å². The molecule has 0 saturated carbocycles. The molecule has 3 heterocycles. The minimum absolute atomic E-state index is 0.531. The molecular formula is C14H20N6. The lowest BCUT2D eigenvalue weighted by atomic mass is 10.1. The number of hydrogen-bond acceptors (Lipinski definition) is 5. The Hall–Kier alpha value is -1.95. The van der Waals surface area contributed by atoms with Gasteiger partial charge in [-0.15, -0.1) is 0 Å². The summed E-state index contributed by atoms with van der Waals surface area (Å²) in [7, 11) is 0. The van der Waals surface area contributed by atoms with Crippen LogP contribution in [0.2, 0.25) is 0 Å². The Kier molecular flexibility index (Phi) is 3.92. The molecule has 0 atom stereocenters. The Morgan fingerprint density at radius 1 is 1.30 bits per heavy atom. The summed E-state index contributed by atoms with van der Waals surface area (Å²) in [5, 5.41) is 11.1. The highest BCUT2D eigenvalue weighted by Crippen LogP contribution is 2.18. The van der Waals surface area contributed by atoms with E-state index in [1.54, 1.807) is 12.4 Å². The van der Waals surface area contributed by atoms with Gasteiger partial charge in [-0.3, -0.25) is 9.67 Å². The monoisotopic (exact) mass is 272 g/mol. The summed E-state index contributed by atoms with van der Waals surface area (Å²) < 4.78 is 2.10. The fourth-order valence-electron chi connectivity index (χ4n) is 2.48. The number of anilines is 1. The fraction of sp³-hybridized carbons (Fsp3) is 0.500. The van der Waals surface area contributed by atoms with Crippen molar-refractivity contribution in [2.24, 2.45) is 0 Å². The van der Waals surface area contributed by atoms with Crippen molar-refractivity contribution in [3.63, 3.8) is 0 Å². The van der Waals surface area contributed by atoms with Crippen LogP contribution >= 0.6 is 0 Å². The molecule has 2 aromatic heterocycles. The summed E-state index contributed by atoms with van der Waals surface area (Å²) in [5.41, 5.74) is 2.09. The zero-order valence-corrected chi connectivity index (χ0v) is 11.7. The topological polar surface area (TPSA) is 67.7 Å². The Labute approximate surface area is 118 Å². The molecular weight excluding hydrogens is 252 g/mol. The van der Waals surface area contributed by atoms with E-state index in [9.17, 15) is 0 Å². The standard InChI is InChI=1S/C14H20N6/c1-11-6-16-9-14(19-11)17-7-12-8-18-20(10-12)13-2-4-15-5-3-13/h6,8-10,13,15H,2-5,7H2,1H3,(H,17,19). The molecule has 1 aliphatic rings. The predicted octanol–water partition coefficient (Wildman–Crippen LogP) is 1.52. The number of aromatic nitrogens is 4. The van der Waals surface area contributed by atoms with Gasteiger partial charge < -0.3 is 10.6 Å². The summed E-state index contributed by atoms with van der Waals surface area (Å²) in [4.78, 5) is 8.50. The minimum Gasteiger partial charge on any atom is -0.365 e. The fourth-order valence-corrected chi connectivity index (χ4v) is 2.48. The van der Waals surface area contributed by atoms with E-state index in [-0.39, 0.29) is 0 Å². The summed E-state index contributed by atoms with van der Waals surface area (Å²) >= 11 is 0. The number of aryl methyl sites for hydroxylation is 1. The molecule has 3 rings (SSSR count). The van der Waals surface area contributed by atoms with Crippen molar-refractivity contribution in [1.82, 2.24) is 25.1 Å². The van der Waals surface area contributed by atoms with E-state index in [0.717, 1.165) is 44.0 Å². The second-order valence-corrected chi connectivity index (χ2v) is 5.21. The Bertz CT molecular complexity index is 558. The number of rotatable bonds is 4. The molecule has 0 spiro atoms. The Balaban J connectivity index is 1.59. The molecule has 1 aliphatic heterocycles. The summed E-state index contributed by atoms with van der Waals surface area (Å²) in [5.74, 6) is 0.805. The van der Waals surface area contributed by atoms with E-state index in [1.165, 1.54) is 5.56 Å². The second-order valence-electron chi connectivity index (χ2n) is 5.21. The predicted molar refractivity (Wildman–Crippen MR) is 77.5 cm³/mol. The molecule has 0 bridgehead atoms. The Morgan fingerprint density at radius 3 is 2.95 bits per heavy atom. The molecule has 2 aromatic rings. The number of nitrogens with zero attached hydrogens (tertiary/aromatic N) is 4. The van der Waals surface area contributed by atoms with E-state index in [4.69, 9.17) is 0 Å². The highest BCUT2D eigenvalue weighted by atomic mass is 15.3. The maximum atomic E-state index is 4.48. The van der Waals surface area contributed by atoms with Crippen LogP contribution in [0.1, 0.15) is 30.1 Å². The zero-order valence-electron chi connectivity index (χ0n) is 11.7. The SMILES string of the molecule is Cc1cncc(NCc2cnn(C3CCNCC3)c2)n1. The lowest BCUT2D eigenvalue weighted by molar-refractivity contribution is 0.343. The molecule has 2 N–H and O–H groups in total. The van der Waals surface area contributed by atoms with Crippen molar-refractivity contribution in [1.29, 1.82) is 0 Å². The van der Waals surface area contributed by atoms with Crippen molar-refractivity contribution in [2.75, 3.05) is 18.4 Å². The van der Waals surface area contributed by atoms with Gasteiger partial charge in [0.2, 0.25) is 0 Å². The smallest absolute Gasteiger partial charge is 0.145 e. The summed E-state index contributed by atoms with van der Waals surface area (Å²) in [6.07, 6.45) is 9.85. The summed E-state index contributed by atoms with van der Waals surface area (Å²) in [6.45, 7) is 4.82. The molecule has 6 nitrogen and oxygen atoms in total. The van der Waals surface area contributed by atoms with Crippen molar-refractivity contribution >= 4 is 5.82 Å². The molecule has 0 aromatic carbocycles. The van der Waals surface area contributed by atoms with Crippen LogP contribution in [0.15, 0.2) is 24.8 Å². The van der Waals surface area contributed by atoms with E-state index >= 15 is 0 Å². The van der Waals surface area contributed by atoms with Crippen molar-refractivity contribution < 1.29 is 0 Å². The third-order valence-corrected chi connectivity index (χ3v) is 3.57. The maximum absolute atomic E-state index is 4.48. The first-order valence-corrected chi connectivity index (χ1v) is 7.07. The average Bonchev–Trinajstić information content (AvgIpc) is 2.95. The van der Waals surface area contributed by atoms with E-state index in [2.05, 4.69) is 36.6 Å². The summed E-state index contributed by atoms with van der Waals surface area (Å²) in [6, 6.07) is 0.531. The highest BCUT2D eigenvalue weighted by molar-refractivity contribution is 5.32. The number of hydrogen-bond donors (Lipinski definition) is 2. The van der Waals surface area contributed by atoms with Gasteiger partial charge in [-0.25, -0.2) is 4.98 Å². The van der Waals surface area contributed by atoms with Gasteiger partial charge in [0, 0.05) is 24.5 Å². The maximum Gasteiger partial charge on any atom is 0.145 e. The van der Waals surface area contributed by atoms with Gasteiger partial charge in [-0.05, 0) is 32.9 Å². The first kappa shape index (κ1) is 13.1. The molecule has 0 amide bonds. The molecule has 1 fully saturated rings. The quantitative estimate of drug-likeness (QED) is 0.883. The Morgan fingerprint density at radius 2 is 2.15 bits per heavy atom. The van der Waals surface area contributed by atoms with E-state index in [1.807, 2.05) is 13.1 Å². The van der Waals surface area contributed by atoms with Gasteiger partial charge in [0.25, 0.3) is 0 Å². The highest BCUT2D eigenvalue weighted by Gasteiger charge is 2.15. The van der Waals surface area contributed by atoms with Gasteiger partial charge >= 0.3 is 0 Å². The first-order valence-electron chi connectivity index (χ1n) is 7.07. The van der Waals surface area contributed by atoms with Gasteiger partial charge in [0.15, 0.2) is 0 Å². The van der Waals surface area contributed by atoms with Crippen LogP contribution in [-0.4, -0.2) is 32.8 Å². The van der Waals surface area contributed by atoms with Crippen molar-refractivity contribution in [2.45, 2.75) is 32.4 Å². The lowest BCUT2D eigenvalue weighted by Gasteiger charge is -2.22. The molecule has 6 heteroatoms. The van der Waals surface area contributed by atoms with Crippen LogP contribution in [0.25, 0.3) is 0 Å². The van der Waals surface area contributed by atoms with Crippen LogP contribution < -0.4 is 10.6 Å². The third-order valence-electron chi connectivity index (χ3n) is 3.57. The van der Waals surface area contributed by atoms with Crippen LogP contribution in [-0.2, 0) is 6.54 Å². The van der Waals surface area contributed by atoms with Gasteiger partial charge in [0.05, 0.1) is 24.1 Å². The zero-order chi connectivity index (χ0) is 13.8. The second kappa shape index (κ2) is 6.00. The van der Waals surface area contributed by atoms with Crippen LogP contribution in [0, 0.1) is 6.92 Å². The number of piperidine rings is 1.